The van der Waals surface area contributed by atoms with Crippen LogP contribution in [0, 0.1) is 0 Å². The minimum Gasteiger partial charge on any atom is -0.469 e. The summed E-state index contributed by atoms with van der Waals surface area (Å²) in [5, 5.41) is 6.64. The maximum atomic E-state index is 12.6. The molecule has 0 aromatic rings. The number of rotatable bonds is 5. The van der Waals surface area contributed by atoms with E-state index in [1.807, 2.05) is 4.90 Å². The first-order valence-corrected chi connectivity index (χ1v) is 10.4. The van der Waals surface area contributed by atoms with Crippen LogP contribution in [-0.4, -0.2) is 105 Å². The number of carbonyl (C=O) groups excluding carboxylic acids is 2. The summed E-state index contributed by atoms with van der Waals surface area (Å²) in [6, 6.07) is 1.02. The monoisotopic (exact) mass is 453 g/mol. The van der Waals surface area contributed by atoms with Gasteiger partial charge in [0, 0.05) is 57.9 Å². The summed E-state index contributed by atoms with van der Waals surface area (Å²) in [4.78, 5) is 30.7. The molecule has 0 unspecified atom stereocenters. The third-order valence-corrected chi connectivity index (χ3v) is 6.20. The number of hydrogen-bond donors (Lipinski definition) is 2. The molecule has 3 aliphatic rings. The van der Waals surface area contributed by atoms with Crippen LogP contribution in [-0.2, 0) is 9.53 Å². The Kier molecular flexibility index (Phi) is 12.2. The molecule has 0 spiro atoms. The summed E-state index contributed by atoms with van der Waals surface area (Å²) >= 11 is 0. The van der Waals surface area contributed by atoms with E-state index in [1.54, 1.807) is 0 Å². The second kappa shape index (κ2) is 13.5. The van der Waals surface area contributed by atoms with E-state index in [2.05, 4.69) is 20.4 Å². The number of esters is 1. The average Bonchev–Trinajstić information content (AvgIpc) is 2.73. The van der Waals surface area contributed by atoms with Crippen molar-refractivity contribution in [2.75, 3.05) is 66.0 Å². The Bertz CT molecular complexity index is 492. The van der Waals surface area contributed by atoms with E-state index < -0.39 is 0 Å². The molecule has 3 rings (SSSR count). The third kappa shape index (κ3) is 8.09. The fourth-order valence-corrected chi connectivity index (χ4v) is 4.38. The number of nitrogens with zero attached hydrogens (tertiary/aromatic N) is 3. The molecule has 2 amide bonds. The molecule has 0 aliphatic carbocycles. The Balaban J connectivity index is 0.00000210. The van der Waals surface area contributed by atoms with Gasteiger partial charge in [-0.25, -0.2) is 4.79 Å². The van der Waals surface area contributed by atoms with Crippen molar-refractivity contribution in [3.8, 4) is 0 Å². The average molecular weight is 454 g/mol. The van der Waals surface area contributed by atoms with E-state index in [0.717, 1.165) is 71.7 Å². The van der Waals surface area contributed by atoms with Crippen LogP contribution in [0.1, 0.15) is 32.1 Å². The standard InChI is InChI=1S/C19H35N5O3.2ClH/c1-27-18(25)6-11-22-9-4-16(5-10-22)21-19(26)24-14-12-23(13-15-24)17-2-7-20-8-3-17;;/h16-17,20H,2-15H2,1H3,(H,21,26);2*1H. The number of methoxy groups -OCH3 is 1. The molecule has 0 saturated carbocycles. The lowest BCUT2D eigenvalue weighted by atomic mass is 10.0. The first-order chi connectivity index (χ1) is 13.2. The Morgan fingerprint density at radius 3 is 2.17 bits per heavy atom. The molecule has 2 N–H and O–H groups in total. The molecule has 3 fully saturated rings. The fourth-order valence-electron chi connectivity index (χ4n) is 4.38. The quantitative estimate of drug-likeness (QED) is 0.603. The van der Waals surface area contributed by atoms with Gasteiger partial charge < -0.3 is 25.2 Å². The maximum absolute atomic E-state index is 12.6. The van der Waals surface area contributed by atoms with E-state index in [4.69, 9.17) is 4.74 Å². The Hall–Kier alpha value is -0.800. The third-order valence-electron chi connectivity index (χ3n) is 6.20. The number of ether oxygens (including phenoxy) is 1. The molecule has 0 bridgehead atoms. The summed E-state index contributed by atoms with van der Waals surface area (Å²) in [6.45, 7) is 8.45. The summed E-state index contributed by atoms with van der Waals surface area (Å²) in [6.07, 6.45) is 4.78. The maximum Gasteiger partial charge on any atom is 0.317 e. The summed E-state index contributed by atoms with van der Waals surface area (Å²) in [5.41, 5.74) is 0. The topological polar surface area (TPSA) is 77.2 Å². The van der Waals surface area contributed by atoms with Crippen molar-refractivity contribution < 1.29 is 14.3 Å². The fraction of sp³-hybridized carbons (Fsp3) is 0.895. The van der Waals surface area contributed by atoms with Crippen molar-refractivity contribution in [2.24, 2.45) is 0 Å². The molecule has 10 heteroatoms. The zero-order valence-corrected chi connectivity index (χ0v) is 19.1. The second-order valence-corrected chi connectivity index (χ2v) is 7.90. The Labute approximate surface area is 186 Å². The van der Waals surface area contributed by atoms with Gasteiger partial charge in [0.1, 0.15) is 0 Å². The van der Waals surface area contributed by atoms with Crippen molar-refractivity contribution >= 4 is 36.8 Å². The minimum atomic E-state index is -0.158. The number of hydrogen-bond acceptors (Lipinski definition) is 6. The normalized spacial score (nSPS) is 22.3. The van der Waals surface area contributed by atoms with Crippen molar-refractivity contribution in [2.45, 2.75) is 44.2 Å². The predicted octanol–water partition coefficient (Wildman–Crippen LogP) is 0.937. The number of amides is 2. The van der Waals surface area contributed by atoms with Crippen LogP contribution < -0.4 is 10.6 Å². The van der Waals surface area contributed by atoms with Gasteiger partial charge in [0.15, 0.2) is 0 Å². The first kappa shape index (κ1) is 26.2. The zero-order chi connectivity index (χ0) is 19.1. The summed E-state index contributed by atoms with van der Waals surface area (Å²) in [7, 11) is 1.43. The lowest BCUT2D eigenvalue weighted by Gasteiger charge is -2.41. The van der Waals surface area contributed by atoms with E-state index in [-0.39, 0.29) is 42.9 Å². The molecule has 8 nitrogen and oxygen atoms in total. The highest BCUT2D eigenvalue weighted by Crippen LogP contribution is 2.15. The molecule has 170 valence electrons. The lowest BCUT2D eigenvalue weighted by Crippen LogP contribution is -2.57. The molecule has 29 heavy (non-hydrogen) atoms. The first-order valence-electron chi connectivity index (χ1n) is 10.4. The van der Waals surface area contributed by atoms with Crippen LogP contribution in [0.3, 0.4) is 0 Å². The van der Waals surface area contributed by atoms with Crippen LogP contribution in [0.4, 0.5) is 4.79 Å². The summed E-state index contributed by atoms with van der Waals surface area (Å²) < 4.78 is 4.69. The van der Waals surface area contributed by atoms with Gasteiger partial charge in [-0.1, -0.05) is 0 Å². The van der Waals surface area contributed by atoms with Gasteiger partial charge in [-0.2, -0.15) is 0 Å². The molecule has 0 atom stereocenters. The predicted molar refractivity (Wildman–Crippen MR) is 118 cm³/mol. The SMILES string of the molecule is COC(=O)CCN1CCC(NC(=O)N2CCN(C3CCNCC3)CC2)CC1.Cl.Cl. The number of nitrogens with one attached hydrogen (secondary N) is 2. The van der Waals surface area contributed by atoms with Crippen molar-refractivity contribution in [1.82, 2.24) is 25.3 Å². The second-order valence-electron chi connectivity index (χ2n) is 7.90. The van der Waals surface area contributed by atoms with E-state index >= 15 is 0 Å². The van der Waals surface area contributed by atoms with Gasteiger partial charge in [0.05, 0.1) is 13.5 Å². The highest BCUT2D eigenvalue weighted by Gasteiger charge is 2.28. The molecule has 3 saturated heterocycles. The number of urea groups is 1. The molecule has 3 heterocycles. The molecule has 0 aromatic carbocycles. The van der Waals surface area contributed by atoms with Crippen LogP contribution in [0.2, 0.25) is 0 Å². The highest BCUT2D eigenvalue weighted by atomic mass is 35.5. The van der Waals surface area contributed by atoms with Crippen molar-refractivity contribution in [3.63, 3.8) is 0 Å². The smallest absolute Gasteiger partial charge is 0.317 e. The molecular formula is C19H37Cl2N5O3. The van der Waals surface area contributed by atoms with Crippen LogP contribution in [0.15, 0.2) is 0 Å². The van der Waals surface area contributed by atoms with Crippen LogP contribution in [0.25, 0.3) is 0 Å². The number of likely N-dealkylation sites (tertiary alicyclic amines) is 1. The van der Waals surface area contributed by atoms with Crippen LogP contribution in [0.5, 0.6) is 0 Å². The Morgan fingerprint density at radius 2 is 1.59 bits per heavy atom. The zero-order valence-electron chi connectivity index (χ0n) is 17.4. The van der Waals surface area contributed by atoms with Gasteiger partial charge >= 0.3 is 12.0 Å². The van der Waals surface area contributed by atoms with Crippen molar-refractivity contribution in [3.05, 3.63) is 0 Å². The number of piperidine rings is 2. The van der Waals surface area contributed by atoms with Gasteiger partial charge in [-0.3, -0.25) is 9.69 Å². The van der Waals surface area contributed by atoms with Gasteiger partial charge in [0.25, 0.3) is 0 Å². The molecular weight excluding hydrogens is 417 g/mol. The van der Waals surface area contributed by atoms with Crippen LogP contribution >= 0.6 is 24.8 Å². The molecule has 3 aliphatic heterocycles. The van der Waals surface area contributed by atoms with E-state index in [1.165, 1.54) is 20.0 Å². The summed E-state index contributed by atoms with van der Waals surface area (Å²) in [5.74, 6) is -0.158. The van der Waals surface area contributed by atoms with Crippen molar-refractivity contribution in [1.29, 1.82) is 0 Å². The number of carbonyl (C=O) groups is 2. The Morgan fingerprint density at radius 1 is 0.966 bits per heavy atom. The highest BCUT2D eigenvalue weighted by molar-refractivity contribution is 5.85. The minimum absolute atomic E-state index is 0. The molecule has 0 aromatic heterocycles. The van der Waals surface area contributed by atoms with Gasteiger partial charge in [-0.15, -0.1) is 24.8 Å². The van der Waals surface area contributed by atoms with E-state index in [9.17, 15) is 9.59 Å². The van der Waals surface area contributed by atoms with Gasteiger partial charge in [-0.05, 0) is 38.8 Å². The van der Waals surface area contributed by atoms with E-state index in [0.29, 0.717) is 12.5 Å². The lowest BCUT2D eigenvalue weighted by molar-refractivity contribution is -0.141. The molecule has 0 radical (unpaired) electrons. The largest absolute Gasteiger partial charge is 0.469 e. The van der Waals surface area contributed by atoms with Gasteiger partial charge in [0.2, 0.25) is 0 Å². The number of piperazine rings is 1. The number of halogens is 2.